The van der Waals surface area contributed by atoms with Gasteiger partial charge in [0.15, 0.2) is 0 Å². The smallest absolute Gasteiger partial charge is 0.282 e. The molecule has 1 aliphatic heterocycles. The zero-order chi connectivity index (χ0) is 23.4. The average Bonchev–Trinajstić information content (AvgIpc) is 3.09. The number of hydrogen-bond acceptors (Lipinski definition) is 6. The second-order valence-electron chi connectivity index (χ2n) is 7.18. The summed E-state index contributed by atoms with van der Waals surface area (Å²) in [6.45, 7) is 2.42. The van der Waals surface area contributed by atoms with Gasteiger partial charge in [0, 0.05) is 11.3 Å². The van der Waals surface area contributed by atoms with Crippen molar-refractivity contribution in [3.8, 4) is 17.2 Å². The van der Waals surface area contributed by atoms with E-state index in [0.29, 0.717) is 40.8 Å². The van der Waals surface area contributed by atoms with Crippen LogP contribution >= 0.6 is 0 Å². The lowest BCUT2D eigenvalue weighted by Gasteiger charge is -2.16. The van der Waals surface area contributed by atoms with Crippen molar-refractivity contribution in [1.29, 1.82) is 0 Å². The highest BCUT2D eigenvalue weighted by Crippen LogP contribution is 2.37. The van der Waals surface area contributed by atoms with Crippen LogP contribution in [0.15, 0.2) is 78.5 Å². The summed E-state index contributed by atoms with van der Waals surface area (Å²) >= 11 is 0. The van der Waals surface area contributed by atoms with Crippen molar-refractivity contribution in [1.82, 2.24) is 0 Å². The number of ether oxygens (including phenoxy) is 3. The number of nitrogens with zero attached hydrogens (tertiary/aromatic N) is 1. The molecule has 1 aliphatic rings. The minimum Gasteiger partial charge on any atom is -0.497 e. The number of rotatable bonds is 8. The number of carbonyl (C=O) groups excluding carboxylic acids is 2. The maximum absolute atomic E-state index is 13.6. The molecule has 4 rings (SSSR count). The minimum absolute atomic E-state index is 0.170. The van der Waals surface area contributed by atoms with Crippen LogP contribution in [-0.4, -0.2) is 32.6 Å². The van der Waals surface area contributed by atoms with E-state index in [1.54, 1.807) is 73.8 Å². The van der Waals surface area contributed by atoms with Gasteiger partial charge in [0.2, 0.25) is 0 Å². The number of imide groups is 1. The van der Waals surface area contributed by atoms with Crippen molar-refractivity contribution in [2.75, 3.05) is 31.0 Å². The molecule has 0 bridgehead atoms. The van der Waals surface area contributed by atoms with Crippen molar-refractivity contribution >= 4 is 28.8 Å². The summed E-state index contributed by atoms with van der Waals surface area (Å²) in [5.74, 6) is 0.945. The average molecular weight is 444 g/mol. The molecule has 3 aromatic rings. The van der Waals surface area contributed by atoms with Gasteiger partial charge in [0.1, 0.15) is 22.9 Å². The molecule has 2 amide bonds. The van der Waals surface area contributed by atoms with Crippen molar-refractivity contribution in [2.45, 2.75) is 6.92 Å². The van der Waals surface area contributed by atoms with E-state index < -0.39 is 11.8 Å². The summed E-state index contributed by atoms with van der Waals surface area (Å²) in [6, 6.07) is 21.1. The molecule has 3 aromatic carbocycles. The predicted molar refractivity (Wildman–Crippen MR) is 127 cm³/mol. The lowest BCUT2D eigenvalue weighted by atomic mass is 10.0. The van der Waals surface area contributed by atoms with Gasteiger partial charge >= 0.3 is 0 Å². The molecule has 0 saturated heterocycles. The molecule has 0 saturated carbocycles. The first-order valence-corrected chi connectivity index (χ1v) is 10.5. The van der Waals surface area contributed by atoms with E-state index in [9.17, 15) is 9.59 Å². The Hall–Kier alpha value is -4.26. The number of carbonyl (C=O) groups is 2. The van der Waals surface area contributed by atoms with Crippen LogP contribution in [0.3, 0.4) is 0 Å². The molecule has 0 aliphatic carbocycles. The highest BCUT2D eigenvalue weighted by molar-refractivity contribution is 6.46. The molecule has 168 valence electrons. The molecule has 0 atom stereocenters. The summed E-state index contributed by atoms with van der Waals surface area (Å²) < 4.78 is 16.2. The van der Waals surface area contributed by atoms with Crippen molar-refractivity contribution in [3.05, 3.63) is 84.1 Å². The Labute approximate surface area is 192 Å². The fourth-order valence-corrected chi connectivity index (χ4v) is 3.66. The van der Waals surface area contributed by atoms with E-state index in [0.717, 1.165) is 4.90 Å². The minimum atomic E-state index is -0.458. The molecule has 0 fully saturated rings. The number of hydrogen-bond donors (Lipinski definition) is 1. The van der Waals surface area contributed by atoms with Gasteiger partial charge in [-0.15, -0.1) is 0 Å². The van der Waals surface area contributed by atoms with Gasteiger partial charge in [-0.3, -0.25) is 9.59 Å². The van der Waals surface area contributed by atoms with E-state index in [4.69, 9.17) is 14.2 Å². The monoisotopic (exact) mass is 444 g/mol. The summed E-state index contributed by atoms with van der Waals surface area (Å²) in [5, 5.41) is 3.14. The molecular weight excluding hydrogens is 420 g/mol. The summed E-state index contributed by atoms with van der Waals surface area (Å²) in [6.07, 6.45) is 0. The summed E-state index contributed by atoms with van der Waals surface area (Å²) in [4.78, 5) is 28.3. The molecule has 33 heavy (non-hydrogen) atoms. The van der Waals surface area contributed by atoms with Gasteiger partial charge in [0.25, 0.3) is 11.8 Å². The quantitative estimate of drug-likeness (QED) is 0.516. The number of anilines is 2. The first-order chi connectivity index (χ1) is 16.1. The molecule has 0 unspecified atom stereocenters. The molecule has 0 radical (unpaired) electrons. The van der Waals surface area contributed by atoms with Crippen LogP contribution < -0.4 is 24.4 Å². The Kier molecular flexibility index (Phi) is 6.31. The van der Waals surface area contributed by atoms with Crippen molar-refractivity contribution in [2.24, 2.45) is 0 Å². The van der Waals surface area contributed by atoms with Gasteiger partial charge in [-0.1, -0.05) is 18.2 Å². The van der Waals surface area contributed by atoms with Crippen LogP contribution in [0.1, 0.15) is 12.5 Å². The van der Waals surface area contributed by atoms with Crippen LogP contribution in [-0.2, 0) is 9.59 Å². The SMILES string of the molecule is CCOc1ccc(N2C(=O)C(Nc3ccc(OC)cc3)=C(c3ccccc3OC)C2=O)cc1. The fourth-order valence-electron chi connectivity index (χ4n) is 3.66. The van der Waals surface area contributed by atoms with Gasteiger partial charge in [-0.05, 0) is 61.5 Å². The summed E-state index contributed by atoms with van der Waals surface area (Å²) in [7, 11) is 3.11. The Balaban J connectivity index is 1.78. The fraction of sp³-hybridized carbons (Fsp3) is 0.154. The third-order valence-corrected chi connectivity index (χ3v) is 5.23. The largest absolute Gasteiger partial charge is 0.497 e. The molecule has 7 nitrogen and oxygen atoms in total. The number of para-hydroxylation sites is 1. The Morgan fingerprint density at radius 1 is 0.788 bits per heavy atom. The van der Waals surface area contributed by atoms with E-state index >= 15 is 0 Å². The number of nitrogens with one attached hydrogen (secondary N) is 1. The maximum atomic E-state index is 13.6. The number of methoxy groups -OCH3 is 2. The van der Waals surface area contributed by atoms with E-state index in [1.807, 2.05) is 13.0 Å². The van der Waals surface area contributed by atoms with Gasteiger partial charge in [-0.2, -0.15) is 0 Å². The highest BCUT2D eigenvalue weighted by Gasteiger charge is 2.41. The normalized spacial score (nSPS) is 13.4. The molecule has 1 heterocycles. The van der Waals surface area contributed by atoms with Gasteiger partial charge < -0.3 is 19.5 Å². The van der Waals surface area contributed by atoms with Crippen molar-refractivity contribution < 1.29 is 23.8 Å². The van der Waals surface area contributed by atoms with E-state index in [1.165, 1.54) is 7.11 Å². The summed E-state index contributed by atoms with van der Waals surface area (Å²) in [5.41, 5.74) is 2.04. The van der Waals surface area contributed by atoms with E-state index in [-0.39, 0.29) is 11.3 Å². The Bertz CT molecular complexity index is 1200. The lowest BCUT2D eigenvalue weighted by molar-refractivity contribution is -0.120. The van der Waals surface area contributed by atoms with Crippen LogP contribution in [0, 0.1) is 0 Å². The zero-order valence-corrected chi connectivity index (χ0v) is 18.6. The van der Waals surface area contributed by atoms with Crippen molar-refractivity contribution in [3.63, 3.8) is 0 Å². The topological polar surface area (TPSA) is 77.1 Å². The Morgan fingerprint density at radius 2 is 1.45 bits per heavy atom. The third kappa shape index (κ3) is 4.25. The van der Waals surface area contributed by atoms with Crippen LogP contribution in [0.25, 0.3) is 5.57 Å². The first kappa shape index (κ1) is 22.0. The van der Waals surface area contributed by atoms with Gasteiger partial charge in [-0.25, -0.2) is 4.90 Å². The highest BCUT2D eigenvalue weighted by atomic mass is 16.5. The van der Waals surface area contributed by atoms with Crippen LogP contribution in [0.4, 0.5) is 11.4 Å². The number of benzene rings is 3. The zero-order valence-electron chi connectivity index (χ0n) is 18.6. The number of amides is 2. The van der Waals surface area contributed by atoms with Crippen LogP contribution in [0.2, 0.25) is 0 Å². The molecular formula is C26H24N2O5. The predicted octanol–water partition coefficient (Wildman–Crippen LogP) is 4.50. The molecule has 0 spiro atoms. The second kappa shape index (κ2) is 9.48. The van der Waals surface area contributed by atoms with Gasteiger partial charge in [0.05, 0.1) is 32.1 Å². The molecule has 0 aromatic heterocycles. The van der Waals surface area contributed by atoms with E-state index in [2.05, 4.69) is 5.32 Å². The molecule has 1 N–H and O–H groups in total. The third-order valence-electron chi connectivity index (χ3n) is 5.23. The van der Waals surface area contributed by atoms with Crippen LogP contribution in [0.5, 0.6) is 17.2 Å². The standard InChI is InChI=1S/C26H24N2O5/c1-4-33-20-15-11-18(12-16-20)28-25(29)23(21-7-5-6-8-22(21)32-3)24(26(28)30)27-17-9-13-19(31-2)14-10-17/h5-16,27H,4H2,1-3H3. The first-order valence-electron chi connectivity index (χ1n) is 10.5. The molecule has 7 heteroatoms. The second-order valence-corrected chi connectivity index (χ2v) is 7.18. The maximum Gasteiger partial charge on any atom is 0.282 e. The Morgan fingerprint density at radius 3 is 2.09 bits per heavy atom. The lowest BCUT2D eigenvalue weighted by Crippen LogP contribution is -2.32.